The Hall–Kier alpha value is -0.540. The van der Waals surface area contributed by atoms with Gasteiger partial charge in [-0.25, -0.2) is 4.39 Å². The Morgan fingerprint density at radius 1 is 1.50 bits per heavy atom. The topological polar surface area (TPSA) is 26.0 Å². The Kier molecular flexibility index (Phi) is 3.56. The molecular weight excluding hydrogens is 173 g/mol. The normalized spacial score (nSPS) is 12.9. The molecule has 0 bridgehead atoms. The van der Waals surface area contributed by atoms with E-state index in [1.54, 1.807) is 12.1 Å². The van der Waals surface area contributed by atoms with Gasteiger partial charge in [-0.3, -0.25) is 0 Å². The van der Waals surface area contributed by atoms with Gasteiger partial charge in [-0.15, -0.1) is 11.8 Å². The van der Waals surface area contributed by atoms with Gasteiger partial charge >= 0.3 is 0 Å². The first-order valence-corrected chi connectivity index (χ1v) is 4.81. The second-order valence-electron chi connectivity index (χ2n) is 2.72. The summed E-state index contributed by atoms with van der Waals surface area (Å²) in [6, 6.07) is 6.85. The average Bonchev–Trinajstić information content (AvgIpc) is 2.03. The third-order valence-corrected chi connectivity index (χ3v) is 2.67. The predicted molar refractivity (Wildman–Crippen MR) is 50.8 cm³/mol. The van der Waals surface area contributed by atoms with Crippen molar-refractivity contribution in [3.8, 4) is 0 Å². The number of thioether (sulfide) groups is 1. The Morgan fingerprint density at radius 3 is 2.75 bits per heavy atom. The van der Waals surface area contributed by atoms with Gasteiger partial charge in [0.05, 0.1) is 0 Å². The van der Waals surface area contributed by atoms with Crippen molar-refractivity contribution in [3.05, 3.63) is 30.1 Å². The van der Waals surface area contributed by atoms with E-state index in [1.807, 2.05) is 13.0 Å². The van der Waals surface area contributed by atoms with Crippen LogP contribution in [0.25, 0.3) is 0 Å². The first kappa shape index (κ1) is 9.55. The molecule has 0 aliphatic carbocycles. The summed E-state index contributed by atoms with van der Waals surface area (Å²) in [5, 5.41) is 0. The summed E-state index contributed by atoms with van der Waals surface area (Å²) in [6.07, 6.45) is 0. The zero-order valence-corrected chi connectivity index (χ0v) is 7.77. The molecule has 3 heteroatoms. The van der Waals surface area contributed by atoms with E-state index >= 15 is 0 Å². The molecule has 1 aromatic carbocycles. The zero-order chi connectivity index (χ0) is 8.97. The lowest BCUT2D eigenvalue weighted by atomic mass is 10.3. The van der Waals surface area contributed by atoms with E-state index in [9.17, 15) is 4.39 Å². The summed E-state index contributed by atoms with van der Waals surface area (Å²) >= 11 is 1.46. The molecule has 0 radical (unpaired) electrons. The molecule has 1 atom stereocenters. The first-order valence-electron chi connectivity index (χ1n) is 3.83. The molecule has 0 amide bonds. The molecule has 0 heterocycles. The van der Waals surface area contributed by atoms with Gasteiger partial charge in [-0.2, -0.15) is 0 Å². The molecular formula is C9H12FNS. The average molecular weight is 185 g/mol. The van der Waals surface area contributed by atoms with Crippen LogP contribution >= 0.6 is 11.8 Å². The summed E-state index contributed by atoms with van der Waals surface area (Å²) in [6.45, 7) is 1.91. The highest BCUT2D eigenvalue weighted by Crippen LogP contribution is 2.21. The van der Waals surface area contributed by atoms with Crippen LogP contribution in [0.1, 0.15) is 6.92 Å². The van der Waals surface area contributed by atoms with Crippen LogP contribution in [0.4, 0.5) is 4.39 Å². The van der Waals surface area contributed by atoms with Crippen LogP contribution in [-0.4, -0.2) is 11.8 Å². The standard InChI is InChI=1S/C9H12FNS/c1-7(11)6-12-9-5-3-2-4-8(9)10/h2-5,7H,6,11H2,1H3/t7-/m0/s1. The van der Waals surface area contributed by atoms with Crippen molar-refractivity contribution < 1.29 is 4.39 Å². The highest BCUT2D eigenvalue weighted by atomic mass is 32.2. The van der Waals surface area contributed by atoms with Gasteiger partial charge in [0.2, 0.25) is 0 Å². The molecule has 0 aliphatic rings. The van der Waals surface area contributed by atoms with E-state index in [2.05, 4.69) is 0 Å². The highest BCUT2D eigenvalue weighted by molar-refractivity contribution is 7.99. The number of benzene rings is 1. The van der Waals surface area contributed by atoms with E-state index < -0.39 is 0 Å². The van der Waals surface area contributed by atoms with Gasteiger partial charge < -0.3 is 5.73 Å². The summed E-state index contributed by atoms with van der Waals surface area (Å²) in [4.78, 5) is 0.676. The molecule has 12 heavy (non-hydrogen) atoms. The Balaban J connectivity index is 2.57. The Bertz CT molecular complexity index is 250. The van der Waals surface area contributed by atoms with E-state index in [4.69, 9.17) is 5.73 Å². The Morgan fingerprint density at radius 2 is 2.17 bits per heavy atom. The zero-order valence-electron chi connectivity index (χ0n) is 6.96. The van der Waals surface area contributed by atoms with Gasteiger partial charge in [-0.1, -0.05) is 12.1 Å². The maximum atomic E-state index is 13.0. The van der Waals surface area contributed by atoms with E-state index in [-0.39, 0.29) is 11.9 Å². The second kappa shape index (κ2) is 4.48. The van der Waals surface area contributed by atoms with Crippen molar-refractivity contribution in [2.75, 3.05) is 5.75 Å². The van der Waals surface area contributed by atoms with Gasteiger partial charge in [-0.05, 0) is 19.1 Å². The lowest BCUT2D eigenvalue weighted by Crippen LogP contribution is -2.17. The number of hydrogen-bond acceptors (Lipinski definition) is 2. The van der Waals surface area contributed by atoms with Crippen molar-refractivity contribution in [3.63, 3.8) is 0 Å². The van der Waals surface area contributed by atoms with E-state index in [1.165, 1.54) is 17.8 Å². The number of rotatable bonds is 3. The van der Waals surface area contributed by atoms with Gasteiger partial charge in [0, 0.05) is 16.7 Å². The van der Waals surface area contributed by atoms with E-state index in [0.29, 0.717) is 4.90 Å². The molecule has 0 unspecified atom stereocenters. The minimum absolute atomic E-state index is 0.106. The monoisotopic (exact) mass is 185 g/mol. The number of hydrogen-bond donors (Lipinski definition) is 1. The molecule has 0 aromatic heterocycles. The van der Waals surface area contributed by atoms with Crippen LogP contribution in [0.2, 0.25) is 0 Å². The van der Waals surface area contributed by atoms with E-state index in [0.717, 1.165) is 5.75 Å². The quantitative estimate of drug-likeness (QED) is 0.731. The molecule has 0 spiro atoms. The molecule has 66 valence electrons. The minimum atomic E-state index is -0.164. The smallest absolute Gasteiger partial charge is 0.136 e. The Labute approximate surface area is 76.2 Å². The maximum Gasteiger partial charge on any atom is 0.136 e. The van der Waals surface area contributed by atoms with Crippen molar-refractivity contribution in [1.29, 1.82) is 0 Å². The first-order chi connectivity index (χ1) is 5.70. The van der Waals surface area contributed by atoms with Crippen molar-refractivity contribution in [1.82, 2.24) is 0 Å². The number of halogens is 1. The molecule has 1 nitrogen and oxygen atoms in total. The van der Waals surface area contributed by atoms with Gasteiger partial charge in [0.25, 0.3) is 0 Å². The maximum absolute atomic E-state index is 13.0. The largest absolute Gasteiger partial charge is 0.327 e. The fraction of sp³-hybridized carbons (Fsp3) is 0.333. The van der Waals surface area contributed by atoms with Crippen molar-refractivity contribution >= 4 is 11.8 Å². The third-order valence-electron chi connectivity index (χ3n) is 1.34. The van der Waals surface area contributed by atoms with Crippen LogP contribution in [0.15, 0.2) is 29.2 Å². The lowest BCUT2D eigenvalue weighted by molar-refractivity contribution is 0.602. The third kappa shape index (κ3) is 2.83. The summed E-state index contributed by atoms with van der Waals surface area (Å²) < 4.78 is 13.0. The molecule has 0 saturated heterocycles. The minimum Gasteiger partial charge on any atom is -0.327 e. The fourth-order valence-electron chi connectivity index (χ4n) is 0.783. The molecule has 2 N–H and O–H groups in total. The molecule has 0 aliphatic heterocycles. The van der Waals surface area contributed by atoms with Gasteiger partial charge in [0.15, 0.2) is 0 Å². The fourth-order valence-corrected chi connectivity index (χ4v) is 1.61. The summed E-state index contributed by atoms with van der Waals surface area (Å²) in [5.41, 5.74) is 5.55. The van der Waals surface area contributed by atoms with Crippen LogP contribution in [0.3, 0.4) is 0 Å². The van der Waals surface area contributed by atoms with Crippen molar-refractivity contribution in [2.45, 2.75) is 17.9 Å². The van der Waals surface area contributed by atoms with Crippen LogP contribution in [0, 0.1) is 5.82 Å². The lowest BCUT2D eigenvalue weighted by Gasteiger charge is -2.04. The van der Waals surface area contributed by atoms with Crippen LogP contribution in [-0.2, 0) is 0 Å². The van der Waals surface area contributed by atoms with Crippen LogP contribution < -0.4 is 5.73 Å². The second-order valence-corrected chi connectivity index (χ2v) is 3.78. The summed E-state index contributed by atoms with van der Waals surface area (Å²) in [5.74, 6) is 0.587. The van der Waals surface area contributed by atoms with Gasteiger partial charge in [0.1, 0.15) is 5.82 Å². The highest BCUT2D eigenvalue weighted by Gasteiger charge is 2.01. The molecule has 1 rings (SSSR count). The molecule has 0 saturated carbocycles. The van der Waals surface area contributed by atoms with Crippen LogP contribution in [0.5, 0.6) is 0 Å². The van der Waals surface area contributed by atoms with Crippen molar-refractivity contribution in [2.24, 2.45) is 5.73 Å². The molecule has 0 fully saturated rings. The predicted octanol–water partition coefficient (Wildman–Crippen LogP) is 2.27. The summed E-state index contributed by atoms with van der Waals surface area (Å²) in [7, 11) is 0. The SMILES string of the molecule is C[C@H](N)CSc1ccccc1F. The molecule has 1 aromatic rings. The number of nitrogens with two attached hydrogens (primary N) is 1.